The Morgan fingerprint density at radius 2 is 1.82 bits per heavy atom. The number of amides is 2. The van der Waals surface area contributed by atoms with Crippen LogP contribution in [0.4, 0.5) is 11.4 Å². The van der Waals surface area contributed by atoms with Crippen LogP contribution < -0.4 is 15.5 Å². The van der Waals surface area contributed by atoms with E-state index in [1.807, 2.05) is 18.2 Å². The summed E-state index contributed by atoms with van der Waals surface area (Å²) in [6, 6.07) is 10.7. The van der Waals surface area contributed by atoms with Gasteiger partial charge in [-0.2, -0.15) is 0 Å². The minimum absolute atomic E-state index is 0.193. The van der Waals surface area contributed by atoms with E-state index in [1.54, 1.807) is 6.07 Å². The second-order valence-electron chi connectivity index (χ2n) is 9.24. The van der Waals surface area contributed by atoms with Gasteiger partial charge in [-0.05, 0) is 91.9 Å². The van der Waals surface area contributed by atoms with E-state index in [0.29, 0.717) is 43.0 Å². The number of nitrogens with one attached hydrogen (secondary N) is 2. The normalized spacial score (nSPS) is 22.6. The van der Waals surface area contributed by atoms with Crippen LogP contribution in [0.5, 0.6) is 0 Å². The summed E-state index contributed by atoms with van der Waals surface area (Å²) in [6.07, 6.45) is 4.56. The number of rotatable bonds is 5. The third-order valence-corrected chi connectivity index (χ3v) is 8.48. The fourth-order valence-electron chi connectivity index (χ4n) is 5.01. The molecular formula is C25H32BrN3O3S. The fourth-order valence-corrected chi connectivity index (χ4v) is 6.30. The molecule has 2 fully saturated rings. The zero-order chi connectivity index (χ0) is 23.6. The molecule has 2 aromatic rings. The van der Waals surface area contributed by atoms with E-state index < -0.39 is 5.54 Å². The van der Waals surface area contributed by atoms with Crippen molar-refractivity contribution in [2.45, 2.75) is 70.5 Å². The van der Waals surface area contributed by atoms with Gasteiger partial charge in [0, 0.05) is 49.5 Å². The van der Waals surface area contributed by atoms with Crippen LogP contribution in [0.25, 0.3) is 0 Å². The molecule has 4 rings (SSSR count). The lowest BCUT2D eigenvalue weighted by Crippen LogP contribution is -2.59. The van der Waals surface area contributed by atoms with Crippen molar-refractivity contribution in [2.24, 2.45) is 0 Å². The van der Waals surface area contributed by atoms with E-state index in [9.17, 15) is 9.59 Å². The summed E-state index contributed by atoms with van der Waals surface area (Å²) in [5, 5.41) is 6.10. The van der Waals surface area contributed by atoms with Crippen molar-refractivity contribution < 1.29 is 14.3 Å². The van der Waals surface area contributed by atoms with E-state index in [0.717, 1.165) is 15.0 Å². The van der Waals surface area contributed by atoms with E-state index in [4.69, 9.17) is 4.74 Å². The first-order valence-electron chi connectivity index (χ1n) is 11.6. The Morgan fingerprint density at radius 1 is 1.12 bits per heavy atom. The quantitative estimate of drug-likeness (QED) is 0.531. The minimum Gasteiger partial charge on any atom is -0.381 e. The molecule has 0 spiro atoms. The van der Waals surface area contributed by atoms with Gasteiger partial charge < -0.3 is 20.3 Å². The van der Waals surface area contributed by atoms with Crippen molar-refractivity contribution in [3.8, 4) is 0 Å². The first-order valence-corrected chi connectivity index (χ1v) is 13.3. The Hall–Kier alpha value is -1.90. The molecule has 2 aliphatic heterocycles. The maximum absolute atomic E-state index is 13.5. The molecule has 3 heterocycles. The lowest BCUT2D eigenvalue weighted by molar-refractivity contribution is -0.125. The first kappa shape index (κ1) is 24.2. The zero-order valence-electron chi connectivity index (χ0n) is 19.4. The Kier molecular flexibility index (Phi) is 7.46. The molecule has 2 atom stereocenters. The van der Waals surface area contributed by atoms with E-state index >= 15 is 0 Å². The Labute approximate surface area is 208 Å². The molecule has 2 amide bonds. The number of anilines is 2. The molecule has 1 aromatic carbocycles. The molecule has 0 aliphatic carbocycles. The summed E-state index contributed by atoms with van der Waals surface area (Å²) in [5.74, 6) is -0.427. The molecule has 0 saturated carbocycles. The lowest BCUT2D eigenvalue weighted by Gasteiger charge is -2.42. The van der Waals surface area contributed by atoms with Gasteiger partial charge >= 0.3 is 0 Å². The lowest BCUT2D eigenvalue weighted by atomic mass is 9.88. The average molecular weight is 535 g/mol. The summed E-state index contributed by atoms with van der Waals surface area (Å²) < 4.78 is 6.38. The number of thiophene rings is 1. The number of halogens is 1. The highest BCUT2D eigenvalue weighted by Crippen LogP contribution is 2.33. The Balaban J connectivity index is 1.52. The molecule has 1 aromatic heterocycles. The fraction of sp³-hybridized carbons (Fsp3) is 0.520. The zero-order valence-corrected chi connectivity index (χ0v) is 21.9. The number of piperidine rings is 1. The molecule has 8 heteroatoms. The van der Waals surface area contributed by atoms with Crippen molar-refractivity contribution in [3.63, 3.8) is 0 Å². The Bertz CT molecular complexity index is 1010. The molecular weight excluding hydrogens is 502 g/mol. The average Bonchev–Trinajstić information content (AvgIpc) is 3.22. The van der Waals surface area contributed by atoms with Gasteiger partial charge in [0.25, 0.3) is 5.91 Å². The third kappa shape index (κ3) is 5.28. The van der Waals surface area contributed by atoms with Gasteiger partial charge in [-0.1, -0.05) is 0 Å². The molecule has 0 radical (unpaired) electrons. The van der Waals surface area contributed by atoms with Gasteiger partial charge in [-0.25, -0.2) is 0 Å². The standard InChI is InChI=1S/C25H32BrN3O3S/c1-16-15-19(7-8-20(16)29-17(2)5-4-6-18(29)3)27-24(31)25(11-13-32-14-12-25)28-23(30)21-9-10-22(26)33-21/h7-10,15,17-18H,4-6,11-14H2,1-3H3,(H,27,31)(H,28,30). The van der Waals surface area contributed by atoms with Crippen LogP contribution in [-0.4, -0.2) is 42.7 Å². The van der Waals surface area contributed by atoms with Crippen LogP contribution in [0.2, 0.25) is 0 Å². The second-order valence-corrected chi connectivity index (χ2v) is 11.7. The molecule has 2 N–H and O–H groups in total. The summed E-state index contributed by atoms with van der Waals surface area (Å²) in [6.45, 7) is 7.54. The topological polar surface area (TPSA) is 70.7 Å². The van der Waals surface area contributed by atoms with Crippen LogP contribution in [0, 0.1) is 6.92 Å². The van der Waals surface area contributed by atoms with Crippen LogP contribution in [0.15, 0.2) is 34.1 Å². The maximum Gasteiger partial charge on any atom is 0.262 e. The largest absolute Gasteiger partial charge is 0.381 e. The van der Waals surface area contributed by atoms with Gasteiger partial charge in [-0.3, -0.25) is 9.59 Å². The molecule has 6 nitrogen and oxygen atoms in total. The highest BCUT2D eigenvalue weighted by molar-refractivity contribution is 9.11. The van der Waals surface area contributed by atoms with Crippen molar-refractivity contribution in [3.05, 3.63) is 44.6 Å². The van der Waals surface area contributed by atoms with Crippen LogP contribution in [0.3, 0.4) is 0 Å². The third-order valence-electron chi connectivity index (χ3n) is 6.86. The van der Waals surface area contributed by atoms with Gasteiger partial charge in [0.15, 0.2) is 0 Å². The molecule has 2 saturated heterocycles. The molecule has 178 valence electrons. The predicted molar refractivity (Wildman–Crippen MR) is 137 cm³/mol. The van der Waals surface area contributed by atoms with Gasteiger partial charge in [0.1, 0.15) is 5.54 Å². The molecule has 0 bridgehead atoms. The number of nitrogens with zero attached hydrogens (tertiary/aromatic N) is 1. The van der Waals surface area contributed by atoms with E-state index in [-0.39, 0.29) is 11.8 Å². The van der Waals surface area contributed by atoms with Crippen molar-refractivity contribution in [1.82, 2.24) is 5.32 Å². The van der Waals surface area contributed by atoms with Crippen molar-refractivity contribution in [2.75, 3.05) is 23.4 Å². The van der Waals surface area contributed by atoms with E-state index in [2.05, 4.69) is 58.3 Å². The first-order chi connectivity index (χ1) is 15.8. The number of carbonyl (C=O) groups excluding carboxylic acids is 2. The molecule has 2 unspecified atom stereocenters. The van der Waals surface area contributed by atoms with Gasteiger partial charge in [0.05, 0.1) is 8.66 Å². The summed E-state index contributed by atoms with van der Waals surface area (Å²) in [7, 11) is 0. The van der Waals surface area contributed by atoms with E-state index in [1.165, 1.54) is 36.3 Å². The summed E-state index contributed by atoms with van der Waals surface area (Å²) in [5.41, 5.74) is 2.12. The number of benzene rings is 1. The number of hydrogen-bond donors (Lipinski definition) is 2. The molecule has 2 aliphatic rings. The number of ether oxygens (including phenoxy) is 1. The number of hydrogen-bond acceptors (Lipinski definition) is 5. The molecule has 33 heavy (non-hydrogen) atoms. The van der Waals surface area contributed by atoms with Crippen LogP contribution >= 0.6 is 27.3 Å². The highest BCUT2D eigenvalue weighted by atomic mass is 79.9. The van der Waals surface area contributed by atoms with Crippen molar-refractivity contribution >= 4 is 50.5 Å². The monoisotopic (exact) mass is 533 g/mol. The maximum atomic E-state index is 13.5. The summed E-state index contributed by atoms with van der Waals surface area (Å²) in [4.78, 5) is 29.4. The Morgan fingerprint density at radius 3 is 2.42 bits per heavy atom. The summed E-state index contributed by atoms with van der Waals surface area (Å²) >= 11 is 4.75. The predicted octanol–water partition coefficient (Wildman–Crippen LogP) is 5.50. The van der Waals surface area contributed by atoms with Crippen molar-refractivity contribution in [1.29, 1.82) is 0 Å². The highest BCUT2D eigenvalue weighted by Gasteiger charge is 2.42. The second kappa shape index (κ2) is 10.2. The minimum atomic E-state index is -0.992. The van der Waals surface area contributed by atoms with Crippen LogP contribution in [0.1, 0.15) is 61.2 Å². The number of carbonyl (C=O) groups is 2. The SMILES string of the molecule is Cc1cc(NC(=O)C2(NC(=O)c3ccc(Br)s3)CCOCC2)ccc1N1C(C)CCCC1C. The smallest absolute Gasteiger partial charge is 0.262 e. The van der Waals surface area contributed by atoms with Gasteiger partial charge in [-0.15, -0.1) is 11.3 Å². The number of aryl methyl sites for hydroxylation is 1. The van der Waals surface area contributed by atoms with Gasteiger partial charge in [0.2, 0.25) is 5.91 Å². The van der Waals surface area contributed by atoms with Crippen LogP contribution in [-0.2, 0) is 9.53 Å².